The van der Waals surface area contributed by atoms with Crippen molar-refractivity contribution < 1.29 is 37.7 Å². The van der Waals surface area contributed by atoms with E-state index in [2.05, 4.69) is 0 Å². The molecule has 48 heavy (non-hydrogen) atoms. The predicted octanol–water partition coefficient (Wildman–Crippen LogP) is 5.69. The highest BCUT2D eigenvalue weighted by atomic mass is 31.2. The average Bonchev–Trinajstić information content (AvgIpc) is 3.13. The molecule has 2 atom stereocenters. The van der Waals surface area contributed by atoms with Crippen molar-refractivity contribution in [1.29, 1.82) is 0 Å². The van der Waals surface area contributed by atoms with Gasteiger partial charge in [-0.05, 0) is 26.7 Å². The molecule has 0 fully saturated rings. The summed E-state index contributed by atoms with van der Waals surface area (Å²) < 4.78 is 52.2. The maximum absolute atomic E-state index is 14.8. The second-order valence-electron chi connectivity index (χ2n) is 11.0. The van der Waals surface area contributed by atoms with Gasteiger partial charge >= 0.3 is 11.9 Å². The molecule has 0 spiro atoms. The third-order valence-corrected chi connectivity index (χ3v) is 15.0. The van der Waals surface area contributed by atoms with Crippen LogP contribution in [0.25, 0.3) is 0 Å². The second kappa shape index (κ2) is 18.7. The Morgan fingerprint density at radius 2 is 0.750 bits per heavy atom. The molecule has 0 heterocycles. The van der Waals surface area contributed by atoms with E-state index in [0.717, 1.165) is 0 Å². The van der Waals surface area contributed by atoms with Crippen LogP contribution in [0.5, 0.6) is 0 Å². The van der Waals surface area contributed by atoms with Gasteiger partial charge in [0, 0.05) is 34.4 Å². The van der Waals surface area contributed by atoms with Gasteiger partial charge in [-0.2, -0.15) is 0 Å². The number of rotatable bonds is 19. The zero-order chi connectivity index (χ0) is 34.2. The lowest BCUT2D eigenvalue weighted by molar-refractivity contribution is -0.144. The molecule has 10 heteroatoms. The number of carbonyl (C=O) groups excluding carboxylic acids is 2. The number of esters is 2. The van der Waals surface area contributed by atoms with E-state index < -0.39 is 37.5 Å². The molecule has 0 aliphatic rings. The third-order valence-electron chi connectivity index (χ3n) is 8.00. The Kier molecular flexibility index (Phi) is 14.4. The summed E-state index contributed by atoms with van der Waals surface area (Å²) in [5.41, 5.74) is -1.86. The lowest BCUT2D eigenvalue weighted by Crippen LogP contribution is -2.34. The number of carbonyl (C=O) groups is 2. The van der Waals surface area contributed by atoms with Crippen LogP contribution in [0, 0.1) is 0 Å². The van der Waals surface area contributed by atoms with Gasteiger partial charge in [0.2, 0.25) is 0 Å². The molecule has 4 aromatic carbocycles. The summed E-state index contributed by atoms with van der Waals surface area (Å²) in [6.07, 6.45) is 0.365. The molecule has 0 bridgehead atoms. The fourth-order valence-electron chi connectivity index (χ4n) is 5.70. The van der Waals surface area contributed by atoms with Crippen molar-refractivity contribution in [2.45, 2.75) is 38.0 Å². The lowest BCUT2D eigenvalue weighted by Gasteiger charge is -2.27. The summed E-state index contributed by atoms with van der Waals surface area (Å²) in [6, 6.07) is 36.2. The van der Waals surface area contributed by atoms with E-state index in [1.54, 1.807) is 62.4 Å². The molecule has 2 unspecified atom stereocenters. The lowest BCUT2D eigenvalue weighted by atomic mass is 10.3. The first kappa shape index (κ1) is 37.0. The van der Waals surface area contributed by atoms with E-state index in [1.165, 1.54) is 0 Å². The Bertz CT molecular complexity index is 1440. The van der Waals surface area contributed by atoms with Crippen LogP contribution in [0.1, 0.15) is 26.7 Å². The van der Waals surface area contributed by atoms with Crippen molar-refractivity contribution in [3.8, 4) is 0 Å². The van der Waals surface area contributed by atoms with Crippen LogP contribution < -0.4 is 21.2 Å². The molecular weight excluding hydrogens is 646 g/mol. The molecule has 0 amide bonds. The van der Waals surface area contributed by atoms with Crippen molar-refractivity contribution in [2.24, 2.45) is 0 Å². The standard InChI is InChI=1S/C38H44O8P2/c1-3-45-37(39)35(47(41,31-17-9-5-10-18-31)32-19-11-6-12-20-32)25-27-43-29-30-44-28-26-36(38(40)46-4-2)48(42,33-21-13-7-14-22-33)34-23-15-8-16-24-34/h5-24,35-36H,3-4,25-30H2,1-2H3. The van der Waals surface area contributed by atoms with Crippen LogP contribution in [-0.4, -0.2) is 62.9 Å². The molecule has 8 nitrogen and oxygen atoms in total. The Morgan fingerprint density at radius 3 is 1.00 bits per heavy atom. The highest BCUT2D eigenvalue weighted by Gasteiger charge is 2.43. The highest BCUT2D eigenvalue weighted by molar-refractivity contribution is 7.80. The van der Waals surface area contributed by atoms with Gasteiger partial charge in [0.1, 0.15) is 11.3 Å². The zero-order valence-electron chi connectivity index (χ0n) is 27.5. The molecule has 0 aliphatic heterocycles. The van der Waals surface area contributed by atoms with Gasteiger partial charge in [0.25, 0.3) is 0 Å². The fourth-order valence-corrected chi connectivity index (χ4v) is 11.9. The number of benzene rings is 4. The fraction of sp³-hybridized carbons (Fsp3) is 0.316. The Hall–Kier alpha value is -3.80. The molecule has 254 valence electrons. The van der Waals surface area contributed by atoms with Gasteiger partial charge in [0.05, 0.1) is 26.4 Å². The molecule has 4 rings (SSSR count). The van der Waals surface area contributed by atoms with Gasteiger partial charge in [-0.25, -0.2) is 0 Å². The van der Waals surface area contributed by atoms with Crippen molar-refractivity contribution in [3.05, 3.63) is 121 Å². The molecule has 0 saturated heterocycles. The molecule has 0 radical (unpaired) electrons. The first-order valence-corrected chi connectivity index (χ1v) is 19.8. The Morgan fingerprint density at radius 1 is 0.479 bits per heavy atom. The van der Waals surface area contributed by atoms with E-state index in [9.17, 15) is 18.7 Å². The van der Waals surface area contributed by atoms with Crippen LogP contribution in [0.4, 0.5) is 0 Å². The maximum atomic E-state index is 14.8. The quantitative estimate of drug-likeness (QED) is 0.0703. The minimum Gasteiger partial charge on any atom is -0.465 e. The van der Waals surface area contributed by atoms with Crippen molar-refractivity contribution >= 4 is 47.4 Å². The normalized spacial score (nSPS) is 13.0. The summed E-state index contributed by atoms with van der Waals surface area (Å²) in [5.74, 6) is -1.06. The molecular formula is C38H44O8P2. The van der Waals surface area contributed by atoms with Crippen LogP contribution in [0.15, 0.2) is 121 Å². The van der Waals surface area contributed by atoms with E-state index in [0.29, 0.717) is 21.2 Å². The van der Waals surface area contributed by atoms with Crippen LogP contribution >= 0.6 is 14.3 Å². The first-order valence-electron chi connectivity index (χ1n) is 16.3. The Balaban J connectivity index is 1.40. The van der Waals surface area contributed by atoms with Crippen LogP contribution in [-0.2, 0) is 37.7 Å². The number of ether oxygens (including phenoxy) is 4. The zero-order valence-corrected chi connectivity index (χ0v) is 29.3. The highest BCUT2D eigenvalue weighted by Crippen LogP contribution is 2.51. The summed E-state index contributed by atoms with van der Waals surface area (Å²) in [6.45, 7) is 4.50. The van der Waals surface area contributed by atoms with Gasteiger partial charge in [-0.1, -0.05) is 121 Å². The van der Waals surface area contributed by atoms with E-state index in [4.69, 9.17) is 18.9 Å². The summed E-state index contributed by atoms with van der Waals surface area (Å²) in [4.78, 5) is 26.5. The van der Waals surface area contributed by atoms with Crippen molar-refractivity contribution in [1.82, 2.24) is 0 Å². The smallest absolute Gasteiger partial charge is 0.317 e. The van der Waals surface area contributed by atoms with Crippen molar-refractivity contribution in [3.63, 3.8) is 0 Å². The third kappa shape index (κ3) is 9.00. The molecule has 0 N–H and O–H groups in total. The summed E-state index contributed by atoms with van der Waals surface area (Å²) in [5, 5.41) is 2.32. The number of hydrogen-bond acceptors (Lipinski definition) is 8. The van der Waals surface area contributed by atoms with Gasteiger partial charge in [-0.15, -0.1) is 0 Å². The van der Waals surface area contributed by atoms with E-state index >= 15 is 0 Å². The monoisotopic (exact) mass is 690 g/mol. The van der Waals surface area contributed by atoms with Crippen LogP contribution in [0.3, 0.4) is 0 Å². The average molecular weight is 691 g/mol. The maximum Gasteiger partial charge on any atom is 0.317 e. The largest absolute Gasteiger partial charge is 0.465 e. The van der Waals surface area contributed by atoms with E-state index in [-0.39, 0.29) is 52.5 Å². The van der Waals surface area contributed by atoms with Gasteiger partial charge in [0.15, 0.2) is 14.3 Å². The van der Waals surface area contributed by atoms with Gasteiger partial charge < -0.3 is 28.1 Å². The van der Waals surface area contributed by atoms with Gasteiger partial charge in [-0.3, -0.25) is 9.59 Å². The summed E-state index contributed by atoms with van der Waals surface area (Å²) >= 11 is 0. The van der Waals surface area contributed by atoms with E-state index in [1.807, 2.05) is 72.8 Å². The van der Waals surface area contributed by atoms with Crippen LogP contribution in [0.2, 0.25) is 0 Å². The second-order valence-corrected chi connectivity index (χ2v) is 16.9. The summed E-state index contributed by atoms with van der Waals surface area (Å²) in [7, 11) is -6.87. The van der Waals surface area contributed by atoms with Crippen molar-refractivity contribution in [2.75, 3.05) is 39.6 Å². The topological polar surface area (TPSA) is 105 Å². The SMILES string of the molecule is CCOC(=O)C(CCOCCOCCC(C(=O)OCC)P(=O)(c1ccccc1)c1ccccc1)P(=O)(c1ccccc1)c1ccccc1. The predicted molar refractivity (Wildman–Crippen MR) is 191 cm³/mol. The minimum atomic E-state index is -3.44. The number of hydrogen-bond donors (Lipinski definition) is 0. The molecule has 0 aromatic heterocycles. The minimum absolute atomic E-state index is 0.152. The molecule has 0 aliphatic carbocycles. The molecule has 0 saturated carbocycles. The molecule has 4 aromatic rings. The Labute approximate surface area is 283 Å². The first-order chi connectivity index (χ1) is 23.4.